The van der Waals surface area contributed by atoms with Crippen LogP contribution in [0.25, 0.3) is 0 Å². The number of hydrogen-bond donors (Lipinski definition) is 4. The van der Waals surface area contributed by atoms with E-state index in [9.17, 15) is 19.2 Å². The summed E-state index contributed by atoms with van der Waals surface area (Å²) in [6, 6.07) is -2.35. The third kappa shape index (κ3) is 0.889. The molecule has 0 radical (unpaired) electrons. The van der Waals surface area contributed by atoms with E-state index in [2.05, 4.69) is 21.3 Å². The Hall–Kier alpha value is -2.12. The van der Waals surface area contributed by atoms with Crippen LogP contribution < -0.4 is 21.3 Å². The second kappa shape index (κ2) is 2.82. The minimum atomic E-state index is -1.07. The molecule has 0 aromatic heterocycles. The molecule has 0 aromatic carbocycles. The number of nitrogens with one attached hydrogen (secondary N) is 4. The maximum Gasteiger partial charge on any atom is 0.321 e. The van der Waals surface area contributed by atoms with Gasteiger partial charge in [0.1, 0.15) is 0 Å². The van der Waals surface area contributed by atoms with E-state index in [-0.39, 0.29) is 0 Å². The van der Waals surface area contributed by atoms with Gasteiger partial charge in [-0.05, 0) is 13.8 Å². The largest absolute Gasteiger partial charge is 0.332 e. The van der Waals surface area contributed by atoms with Crippen molar-refractivity contribution in [1.29, 1.82) is 0 Å². The average Bonchev–Trinajstić information content (AvgIpc) is 2.29. The molecule has 6 amide bonds. The average molecular weight is 252 g/mol. The number of urea groups is 2. The fourth-order valence-corrected chi connectivity index (χ4v) is 3.25. The molecule has 0 aromatic rings. The summed E-state index contributed by atoms with van der Waals surface area (Å²) >= 11 is 0. The van der Waals surface area contributed by atoms with Crippen LogP contribution in [0.3, 0.4) is 0 Å². The molecule has 1 saturated carbocycles. The van der Waals surface area contributed by atoms with E-state index in [1.807, 2.05) is 0 Å². The van der Waals surface area contributed by atoms with Gasteiger partial charge in [0, 0.05) is 0 Å². The molecule has 0 spiro atoms. The molecule has 2 saturated heterocycles. The second-order valence-corrected chi connectivity index (χ2v) is 5.22. The number of amides is 6. The van der Waals surface area contributed by atoms with Gasteiger partial charge in [0.2, 0.25) is 11.8 Å². The summed E-state index contributed by atoms with van der Waals surface area (Å²) in [7, 11) is 0. The van der Waals surface area contributed by atoms with E-state index in [1.54, 1.807) is 13.8 Å². The molecule has 2 unspecified atom stereocenters. The highest BCUT2D eigenvalue weighted by Crippen LogP contribution is 2.58. The van der Waals surface area contributed by atoms with E-state index in [1.165, 1.54) is 0 Å². The monoisotopic (exact) mass is 252 g/mol. The smallest absolute Gasteiger partial charge is 0.321 e. The highest BCUT2D eigenvalue weighted by atomic mass is 16.2. The molecular formula is C10H12N4O4. The standard InChI is InChI=1S/C10H12N4O4/c1-9-3(11-7(17)13-5(9)15)4-10(9,2)6(16)14-8(18)12-4/h3-4H,1-2H3,(H2,11,13,15,17)(H2,12,14,16,18)/t3?,4?,9-,10+. The Morgan fingerprint density at radius 2 is 1.11 bits per heavy atom. The van der Waals surface area contributed by atoms with Crippen LogP contribution in [-0.4, -0.2) is 36.0 Å². The summed E-state index contributed by atoms with van der Waals surface area (Å²) in [5.41, 5.74) is -2.13. The third-order valence-corrected chi connectivity index (χ3v) is 4.63. The highest BCUT2D eigenvalue weighted by Gasteiger charge is 2.77. The Bertz CT molecular complexity index is 472. The molecule has 4 N–H and O–H groups in total. The van der Waals surface area contributed by atoms with E-state index < -0.39 is 46.8 Å². The number of carbonyl (C=O) groups is 4. The van der Waals surface area contributed by atoms with Crippen molar-refractivity contribution in [2.45, 2.75) is 25.9 Å². The molecular weight excluding hydrogens is 240 g/mol. The van der Waals surface area contributed by atoms with Gasteiger partial charge in [0.05, 0.1) is 22.9 Å². The van der Waals surface area contributed by atoms with E-state index >= 15 is 0 Å². The quantitative estimate of drug-likeness (QED) is 0.416. The van der Waals surface area contributed by atoms with Gasteiger partial charge in [-0.1, -0.05) is 0 Å². The first-order valence-electron chi connectivity index (χ1n) is 5.55. The maximum absolute atomic E-state index is 12.0. The van der Waals surface area contributed by atoms with Gasteiger partial charge in [-0.25, -0.2) is 9.59 Å². The van der Waals surface area contributed by atoms with Gasteiger partial charge in [0.25, 0.3) is 0 Å². The molecule has 18 heavy (non-hydrogen) atoms. The molecule has 3 aliphatic rings. The lowest BCUT2D eigenvalue weighted by Gasteiger charge is -2.66. The zero-order chi connectivity index (χ0) is 13.3. The first kappa shape index (κ1) is 11.0. The van der Waals surface area contributed by atoms with Crippen LogP contribution in [0.5, 0.6) is 0 Å². The zero-order valence-corrected chi connectivity index (χ0v) is 9.79. The van der Waals surface area contributed by atoms with Crippen molar-refractivity contribution in [2.24, 2.45) is 10.8 Å². The van der Waals surface area contributed by atoms with Crippen LogP contribution in [0.4, 0.5) is 9.59 Å². The molecule has 8 heteroatoms. The summed E-state index contributed by atoms with van der Waals surface area (Å²) in [4.78, 5) is 46.6. The number of hydrogen-bond acceptors (Lipinski definition) is 4. The first-order chi connectivity index (χ1) is 8.31. The third-order valence-electron chi connectivity index (χ3n) is 4.63. The van der Waals surface area contributed by atoms with Crippen molar-refractivity contribution in [3.8, 4) is 0 Å². The molecule has 8 nitrogen and oxygen atoms in total. The second-order valence-electron chi connectivity index (χ2n) is 5.22. The lowest BCUT2D eigenvalue weighted by atomic mass is 9.43. The fourth-order valence-electron chi connectivity index (χ4n) is 3.25. The number of carbonyl (C=O) groups excluding carboxylic acids is 4. The summed E-state index contributed by atoms with van der Waals surface area (Å²) in [5, 5.41) is 9.49. The Kier molecular flexibility index (Phi) is 1.72. The van der Waals surface area contributed by atoms with Crippen molar-refractivity contribution in [3.63, 3.8) is 0 Å². The highest BCUT2D eigenvalue weighted by molar-refractivity contribution is 6.10. The Morgan fingerprint density at radius 3 is 1.44 bits per heavy atom. The molecule has 3 fully saturated rings. The number of fused-ring (bicyclic) bond motifs is 4. The summed E-state index contributed by atoms with van der Waals surface area (Å²) in [5.74, 6) is -0.998. The Morgan fingerprint density at radius 1 is 0.778 bits per heavy atom. The van der Waals surface area contributed by atoms with Crippen molar-refractivity contribution >= 4 is 23.9 Å². The van der Waals surface area contributed by atoms with E-state index in [4.69, 9.17) is 0 Å². The van der Waals surface area contributed by atoms with Crippen LogP contribution in [-0.2, 0) is 9.59 Å². The molecule has 1 aliphatic carbocycles. The normalized spacial score (nSPS) is 45.7. The topological polar surface area (TPSA) is 116 Å². The van der Waals surface area contributed by atoms with Crippen LogP contribution in [0.15, 0.2) is 0 Å². The minimum Gasteiger partial charge on any atom is -0.332 e. The van der Waals surface area contributed by atoms with Crippen LogP contribution in [0.1, 0.15) is 13.8 Å². The van der Waals surface area contributed by atoms with Gasteiger partial charge in [-0.3, -0.25) is 20.2 Å². The zero-order valence-electron chi connectivity index (χ0n) is 9.79. The van der Waals surface area contributed by atoms with Crippen molar-refractivity contribution in [1.82, 2.24) is 21.3 Å². The van der Waals surface area contributed by atoms with E-state index in [0.717, 1.165) is 0 Å². The lowest BCUT2D eigenvalue weighted by Crippen LogP contribution is -2.90. The molecule has 2 heterocycles. The summed E-state index contributed by atoms with van der Waals surface area (Å²) in [6.07, 6.45) is 0. The van der Waals surface area contributed by atoms with Crippen molar-refractivity contribution in [3.05, 3.63) is 0 Å². The maximum atomic E-state index is 12.0. The molecule has 0 bridgehead atoms. The molecule has 96 valence electrons. The van der Waals surface area contributed by atoms with Gasteiger partial charge >= 0.3 is 12.1 Å². The summed E-state index contributed by atoms with van der Waals surface area (Å²) < 4.78 is 0. The van der Waals surface area contributed by atoms with Crippen LogP contribution in [0, 0.1) is 10.8 Å². The number of imide groups is 2. The fraction of sp³-hybridized carbons (Fsp3) is 0.600. The van der Waals surface area contributed by atoms with Gasteiger partial charge in [-0.2, -0.15) is 0 Å². The molecule has 2 aliphatic heterocycles. The molecule has 4 atom stereocenters. The summed E-state index contributed by atoms with van der Waals surface area (Å²) in [6.45, 7) is 3.22. The Balaban J connectivity index is 2.07. The van der Waals surface area contributed by atoms with Crippen LogP contribution in [0.2, 0.25) is 0 Å². The van der Waals surface area contributed by atoms with Crippen molar-refractivity contribution < 1.29 is 19.2 Å². The SMILES string of the molecule is C[C@]12C(=O)NC(=O)NC1C1NC(=O)NC(=O)[C@]12C. The Labute approximate surface area is 102 Å². The van der Waals surface area contributed by atoms with Gasteiger partial charge < -0.3 is 10.6 Å². The van der Waals surface area contributed by atoms with E-state index in [0.29, 0.717) is 0 Å². The molecule has 3 rings (SSSR count). The minimum absolute atomic E-state index is 0.499. The van der Waals surface area contributed by atoms with Gasteiger partial charge in [0.15, 0.2) is 0 Å². The lowest BCUT2D eigenvalue weighted by molar-refractivity contribution is -0.182. The van der Waals surface area contributed by atoms with Crippen molar-refractivity contribution in [2.75, 3.05) is 0 Å². The predicted molar refractivity (Wildman–Crippen MR) is 57.1 cm³/mol. The van der Waals surface area contributed by atoms with Crippen LogP contribution >= 0.6 is 0 Å². The number of rotatable bonds is 0. The first-order valence-corrected chi connectivity index (χ1v) is 5.55. The van der Waals surface area contributed by atoms with Gasteiger partial charge in [-0.15, -0.1) is 0 Å². The predicted octanol–water partition coefficient (Wildman–Crippen LogP) is -1.57.